The van der Waals surface area contributed by atoms with Crippen LogP contribution in [0.1, 0.15) is 5.56 Å². The topological polar surface area (TPSA) is 66.6 Å². The Morgan fingerprint density at radius 1 is 0.889 bits per heavy atom. The van der Waals surface area contributed by atoms with E-state index in [1.807, 2.05) is 12.1 Å². The van der Waals surface area contributed by atoms with Crippen LogP contribution in [0.2, 0.25) is 10.0 Å². The van der Waals surface area contributed by atoms with E-state index in [4.69, 9.17) is 41.8 Å². The van der Waals surface area contributed by atoms with Crippen molar-refractivity contribution >= 4 is 35.0 Å². The van der Waals surface area contributed by atoms with E-state index in [1.165, 1.54) is 11.8 Å². The molecule has 0 aliphatic heterocycles. The first-order valence-electron chi connectivity index (χ1n) is 7.75. The summed E-state index contributed by atoms with van der Waals surface area (Å²) in [5.41, 5.74) is 1.62. The molecule has 1 aromatic heterocycles. The fourth-order valence-corrected chi connectivity index (χ4v) is 3.69. The molecule has 0 atom stereocenters. The van der Waals surface area contributed by atoms with Crippen LogP contribution in [0.25, 0.3) is 11.5 Å². The molecule has 3 aromatic rings. The Kier molecular flexibility index (Phi) is 6.36. The molecule has 6 nitrogen and oxygen atoms in total. The molecule has 9 heteroatoms. The minimum absolute atomic E-state index is 0.348. The minimum atomic E-state index is 0.348. The summed E-state index contributed by atoms with van der Waals surface area (Å²) in [5, 5.41) is 9.77. The first-order valence-corrected chi connectivity index (χ1v) is 9.50. The van der Waals surface area contributed by atoms with E-state index in [0.717, 1.165) is 5.56 Å². The summed E-state index contributed by atoms with van der Waals surface area (Å²) < 4.78 is 21.8. The van der Waals surface area contributed by atoms with E-state index in [9.17, 15) is 0 Å². The Morgan fingerprint density at radius 2 is 1.52 bits per heavy atom. The summed E-state index contributed by atoms with van der Waals surface area (Å²) in [6.07, 6.45) is 0. The van der Waals surface area contributed by atoms with Gasteiger partial charge in [-0.05, 0) is 35.9 Å². The van der Waals surface area contributed by atoms with Crippen molar-refractivity contribution in [3.8, 4) is 28.7 Å². The smallest absolute Gasteiger partial charge is 0.277 e. The SMILES string of the molecule is COc1cc(-c2nnc(SCc3cc(Cl)cc(Cl)c3)o2)cc(OC)c1OC. The number of hydrogen-bond donors (Lipinski definition) is 0. The Labute approximate surface area is 170 Å². The van der Waals surface area contributed by atoms with Crippen molar-refractivity contribution in [2.24, 2.45) is 0 Å². The Hall–Kier alpha value is -2.09. The number of ether oxygens (including phenoxy) is 3. The van der Waals surface area contributed by atoms with Gasteiger partial charge in [-0.1, -0.05) is 35.0 Å². The molecule has 3 rings (SSSR count). The number of hydrogen-bond acceptors (Lipinski definition) is 7. The lowest BCUT2D eigenvalue weighted by Crippen LogP contribution is -1.95. The average molecular weight is 427 g/mol. The van der Waals surface area contributed by atoms with Gasteiger partial charge in [0.1, 0.15) is 0 Å². The third-order valence-corrected chi connectivity index (χ3v) is 4.93. The molecule has 0 radical (unpaired) electrons. The van der Waals surface area contributed by atoms with Gasteiger partial charge in [0, 0.05) is 21.4 Å². The van der Waals surface area contributed by atoms with Crippen molar-refractivity contribution < 1.29 is 18.6 Å². The molecule has 0 aliphatic rings. The number of thioether (sulfide) groups is 1. The van der Waals surface area contributed by atoms with Crippen LogP contribution in [0.4, 0.5) is 0 Å². The predicted octanol–water partition coefficient (Wildman–Crippen LogP) is 5.36. The Balaban J connectivity index is 1.81. The highest BCUT2D eigenvalue weighted by molar-refractivity contribution is 7.98. The predicted molar refractivity (Wildman–Crippen MR) is 105 cm³/mol. The molecule has 0 fully saturated rings. The van der Waals surface area contributed by atoms with E-state index in [-0.39, 0.29) is 0 Å². The fraction of sp³-hybridized carbons (Fsp3) is 0.222. The van der Waals surface area contributed by atoms with Crippen LogP contribution in [0.3, 0.4) is 0 Å². The summed E-state index contributed by atoms with van der Waals surface area (Å²) in [4.78, 5) is 0. The zero-order valence-corrected chi connectivity index (χ0v) is 17.1. The number of halogens is 2. The van der Waals surface area contributed by atoms with Crippen LogP contribution in [0.15, 0.2) is 40.0 Å². The number of benzene rings is 2. The van der Waals surface area contributed by atoms with Crippen LogP contribution in [0, 0.1) is 0 Å². The normalized spacial score (nSPS) is 10.7. The second-order valence-electron chi connectivity index (χ2n) is 5.35. The molecule has 2 aromatic carbocycles. The molecular weight excluding hydrogens is 411 g/mol. The maximum absolute atomic E-state index is 6.02. The molecule has 142 valence electrons. The largest absolute Gasteiger partial charge is 0.493 e. The van der Waals surface area contributed by atoms with Gasteiger partial charge in [-0.2, -0.15) is 0 Å². The maximum atomic E-state index is 6.02. The molecule has 0 aliphatic carbocycles. The lowest BCUT2D eigenvalue weighted by molar-refractivity contribution is 0.324. The minimum Gasteiger partial charge on any atom is -0.493 e. The fourth-order valence-electron chi connectivity index (χ4n) is 2.43. The second kappa shape index (κ2) is 8.73. The highest BCUT2D eigenvalue weighted by Crippen LogP contribution is 2.41. The highest BCUT2D eigenvalue weighted by atomic mass is 35.5. The summed E-state index contributed by atoms with van der Waals surface area (Å²) in [5.74, 6) is 2.45. The van der Waals surface area contributed by atoms with Crippen LogP contribution in [0.5, 0.6) is 17.2 Å². The lowest BCUT2D eigenvalue weighted by atomic mass is 10.2. The van der Waals surface area contributed by atoms with E-state index in [0.29, 0.717) is 49.7 Å². The van der Waals surface area contributed by atoms with Gasteiger partial charge in [0.05, 0.1) is 21.3 Å². The molecule has 0 saturated carbocycles. The summed E-state index contributed by atoms with van der Waals surface area (Å²) in [6, 6.07) is 8.88. The zero-order chi connectivity index (χ0) is 19.4. The van der Waals surface area contributed by atoms with Crippen molar-refractivity contribution in [3.05, 3.63) is 45.9 Å². The highest BCUT2D eigenvalue weighted by Gasteiger charge is 2.17. The maximum Gasteiger partial charge on any atom is 0.277 e. The van der Waals surface area contributed by atoms with Crippen LogP contribution >= 0.6 is 35.0 Å². The van der Waals surface area contributed by atoms with Gasteiger partial charge in [-0.25, -0.2) is 0 Å². The molecule has 0 amide bonds. The number of nitrogens with zero attached hydrogens (tertiary/aromatic N) is 2. The van der Waals surface area contributed by atoms with E-state index in [2.05, 4.69) is 10.2 Å². The third kappa shape index (κ3) is 4.61. The van der Waals surface area contributed by atoms with Crippen molar-refractivity contribution in [3.63, 3.8) is 0 Å². The molecular formula is C18H16Cl2N2O4S. The first-order chi connectivity index (χ1) is 13.0. The Morgan fingerprint density at radius 3 is 2.07 bits per heavy atom. The number of aromatic nitrogens is 2. The molecule has 0 bridgehead atoms. The first kappa shape index (κ1) is 19.7. The van der Waals surface area contributed by atoms with Crippen LogP contribution in [-0.4, -0.2) is 31.5 Å². The second-order valence-corrected chi connectivity index (χ2v) is 7.15. The summed E-state index contributed by atoms with van der Waals surface area (Å²) >= 11 is 13.4. The van der Waals surface area contributed by atoms with Crippen molar-refractivity contribution in [1.29, 1.82) is 0 Å². The van der Waals surface area contributed by atoms with E-state index >= 15 is 0 Å². The van der Waals surface area contributed by atoms with Gasteiger partial charge in [0.25, 0.3) is 5.22 Å². The summed E-state index contributed by atoms with van der Waals surface area (Å²) in [6.45, 7) is 0. The van der Waals surface area contributed by atoms with Gasteiger partial charge in [-0.15, -0.1) is 10.2 Å². The molecule has 27 heavy (non-hydrogen) atoms. The number of methoxy groups -OCH3 is 3. The lowest BCUT2D eigenvalue weighted by Gasteiger charge is -2.12. The molecule has 0 saturated heterocycles. The van der Waals surface area contributed by atoms with E-state index in [1.54, 1.807) is 39.5 Å². The van der Waals surface area contributed by atoms with Crippen molar-refractivity contribution in [1.82, 2.24) is 10.2 Å². The molecule has 0 N–H and O–H groups in total. The van der Waals surface area contributed by atoms with Crippen LogP contribution < -0.4 is 14.2 Å². The monoisotopic (exact) mass is 426 g/mol. The average Bonchev–Trinajstić information content (AvgIpc) is 3.13. The van der Waals surface area contributed by atoms with Gasteiger partial charge in [0.15, 0.2) is 11.5 Å². The van der Waals surface area contributed by atoms with Gasteiger partial charge < -0.3 is 18.6 Å². The standard InChI is InChI=1S/C18H16Cl2N2O4S/c1-23-14-6-11(7-15(24-2)16(14)25-3)17-21-22-18(26-17)27-9-10-4-12(19)8-13(20)5-10/h4-8H,9H2,1-3H3. The number of rotatable bonds is 7. The Bertz CT molecular complexity index is 904. The summed E-state index contributed by atoms with van der Waals surface area (Å²) in [7, 11) is 4.64. The molecule has 1 heterocycles. The van der Waals surface area contributed by atoms with Crippen molar-refractivity contribution in [2.75, 3.05) is 21.3 Å². The molecule has 0 unspecified atom stereocenters. The van der Waals surface area contributed by atoms with Gasteiger partial charge >= 0.3 is 0 Å². The van der Waals surface area contributed by atoms with Crippen LogP contribution in [-0.2, 0) is 5.75 Å². The third-order valence-electron chi connectivity index (χ3n) is 3.60. The van der Waals surface area contributed by atoms with Gasteiger partial charge in [0.2, 0.25) is 11.6 Å². The van der Waals surface area contributed by atoms with E-state index < -0.39 is 0 Å². The van der Waals surface area contributed by atoms with Crippen molar-refractivity contribution in [2.45, 2.75) is 11.0 Å². The quantitative estimate of drug-likeness (QED) is 0.470. The van der Waals surface area contributed by atoms with Gasteiger partial charge in [-0.3, -0.25) is 0 Å². The zero-order valence-electron chi connectivity index (χ0n) is 14.8. The molecule has 0 spiro atoms.